The van der Waals surface area contributed by atoms with Gasteiger partial charge in [0.15, 0.2) is 0 Å². The van der Waals surface area contributed by atoms with Crippen LogP contribution in [0.4, 0.5) is 18.0 Å². The lowest BCUT2D eigenvalue weighted by molar-refractivity contribution is -0.137. The normalized spacial score (nSPS) is 11.7. The molecule has 30 heavy (non-hydrogen) atoms. The molecule has 0 aliphatic carbocycles. The minimum Gasteiger partial charge on any atom is -0.467 e. The Bertz CT molecular complexity index is 948. The van der Waals surface area contributed by atoms with Gasteiger partial charge in [-0.25, -0.2) is 9.78 Å². The fraction of sp³-hybridized carbons (Fsp3) is 0.333. The number of nitrogens with zero attached hydrogens (tertiary/aromatic N) is 3. The van der Waals surface area contributed by atoms with Gasteiger partial charge >= 0.3 is 12.2 Å². The molecule has 3 rings (SSSR count). The number of aromatic nitrogens is 2. The molecule has 3 aromatic rings. The fourth-order valence-corrected chi connectivity index (χ4v) is 2.93. The van der Waals surface area contributed by atoms with Crippen LogP contribution in [-0.4, -0.2) is 26.5 Å². The molecule has 2 amide bonds. The van der Waals surface area contributed by atoms with Gasteiger partial charge in [-0.15, -0.1) is 0 Å². The van der Waals surface area contributed by atoms with Crippen molar-refractivity contribution in [2.24, 2.45) is 0 Å². The first-order valence-electron chi connectivity index (χ1n) is 9.46. The summed E-state index contributed by atoms with van der Waals surface area (Å²) >= 11 is 0. The van der Waals surface area contributed by atoms with E-state index in [-0.39, 0.29) is 25.2 Å². The van der Waals surface area contributed by atoms with Crippen LogP contribution in [0.2, 0.25) is 0 Å². The third-order valence-corrected chi connectivity index (χ3v) is 4.39. The topological polar surface area (TPSA) is 63.3 Å². The van der Waals surface area contributed by atoms with E-state index in [4.69, 9.17) is 4.42 Å². The zero-order chi connectivity index (χ0) is 21.7. The van der Waals surface area contributed by atoms with Crippen LogP contribution < -0.4 is 5.32 Å². The molecule has 6 nitrogen and oxygen atoms in total. The number of hydrogen-bond donors (Lipinski definition) is 1. The zero-order valence-corrected chi connectivity index (χ0v) is 16.7. The Morgan fingerprint density at radius 1 is 1.20 bits per heavy atom. The molecular formula is C21H23F3N4O2. The maximum Gasteiger partial charge on any atom is 0.416 e. The fourth-order valence-electron chi connectivity index (χ4n) is 2.93. The number of furan rings is 1. The molecule has 0 unspecified atom stereocenters. The van der Waals surface area contributed by atoms with Crippen molar-refractivity contribution in [3.8, 4) is 0 Å². The average molecular weight is 420 g/mol. The van der Waals surface area contributed by atoms with E-state index in [2.05, 4.69) is 10.3 Å². The molecule has 0 aliphatic heterocycles. The van der Waals surface area contributed by atoms with Crippen LogP contribution in [0.3, 0.4) is 0 Å². The SMILES string of the molecule is CC(C)NC(=O)N(Cc1ccco1)Cc1nccn1Cc1ccc(C(F)(F)F)cc1. The van der Waals surface area contributed by atoms with Gasteiger partial charge in [-0.05, 0) is 43.7 Å². The molecule has 0 spiro atoms. The second-order valence-corrected chi connectivity index (χ2v) is 7.21. The number of rotatable bonds is 7. The molecule has 2 aromatic heterocycles. The van der Waals surface area contributed by atoms with Gasteiger partial charge < -0.3 is 19.2 Å². The Labute approximate surface area is 172 Å². The monoisotopic (exact) mass is 420 g/mol. The molecule has 160 valence electrons. The summed E-state index contributed by atoms with van der Waals surface area (Å²) in [6.07, 6.45) is 0.511. The van der Waals surface area contributed by atoms with Crippen LogP contribution in [0.5, 0.6) is 0 Å². The van der Waals surface area contributed by atoms with E-state index in [0.29, 0.717) is 23.7 Å². The van der Waals surface area contributed by atoms with E-state index in [1.807, 2.05) is 13.8 Å². The minimum absolute atomic E-state index is 0.0384. The van der Waals surface area contributed by atoms with Gasteiger partial charge in [0.05, 0.1) is 24.9 Å². The number of halogens is 3. The molecule has 0 saturated carbocycles. The van der Waals surface area contributed by atoms with E-state index >= 15 is 0 Å². The van der Waals surface area contributed by atoms with Crippen molar-refractivity contribution in [2.75, 3.05) is 0 Å². The second-order valence-electron chi connectivity index (χ2n) is 7.21. The molecule has 0 atom stereocenters. The quantitative estimate of drug-likeness (QED) is 0.605. The number of carbonyl (C=O) groups excluding carboxylic acids is 1. The number of carbonyl (C=O) groups is 1. The number of imidazole rings is 1. The molecule has 0 bridgehead atoms. The standard InChI is InChI=1S/C21H23F3N4O2/c1-15(2)26-20(29)28(13-18-4-3-11-30-18)14-19-25-9-10-27(19)12-16-5-7-17(8-6-16)21(22,23)24/h3-11,15H,12-14H2,1-2H3,(H,26,29). The smallest absolute Gasteiger partial charge is 0.416 e. The maximum absolute atomic E-state index is 12.8. The van der Waals surface area contributed by atoms with E-state index in [1.165, 1.54) is 12.1 Å². The van der Waals surface area contributed by atoms with Gasteiger partial charge in [-0.3, -0.25) is 0 Å². The Balaban J connectivity index is 1.75. The Morgan fingerprint density at radius 2 is 1.93 bits per heavy atom. The van der Waals surface area contributed by atoms with E-state index < -0.39 is 11.7 Å². The molecule has 0 fully saturated rings. The van der Waals surface area contributed by atoms with E-state index in [1.54, 1.807) is 40.3 Å². The number of urea groups is 1. The van der Waals surface area contributed by atoms with Crippen LogP contribution >= 0.6 is 0 Å². The third-order valence-electron chi connectivity index (χ3n) is 4.39. The Kier molecular flexibility index (Phi) is 6.49. The maximum atomic E-state index is 12.8. The van der Waals surface area contributed by atoms with Crippen molar-refractivity contribution >= 4 is 6.03 Å². The summed E-state index contributed by atoms with van der Waals surface area (Å²) in [6.45, 7) is 4.56. The number of benzene rings is 1. The molecule has 1 N–H and O–H groups in total. The number of nitrogens with one attached hydrogen (secondary N) is 1. The summed E-state index contributed by atoms with van der Waals surface area (Å²) in [5.41, 5.74) is 0.0125. The lowest BCUT2D eigenvalue weighted by Crippen LogP contribution is -2.42. The van der Waals surface area contributed by atoms with Crippen molar-refractivity contribution in [1.29, 1.82) is 0 Å². The first-order valence-corrected chi connectivity index (χ1v) is 9.46. The lowest BCUT2D eigenvalue weighted by atomic mass is 10.1. The first-order chi connectivity index (χ1) is 14.2. The van der Waals surface area contributed by atoms with Crippen molar-refractivity contribution < 1.29 is 22.4 Å². The molecule has 2 heterocycles. The largest absolute Gasteiger partial charge is 0.467 e. The Morgan fingerprint density at radius 3 is 2.53 bits per heavy atom. The van der Waals surface area contributed by atoms with Crippen molar-refractivity contribution in [2.45, 2.75) is 45.7 Å². The summed E-state index contributed by atoms with van der Waals surface area (Å²) in [4.78, 5) is 18.5. The van der Waals surface area contributed by atoms with Gasteiger partial charge in [0.1, 0.15) is 11.6 Å². The van der Waals surface area contributed by atoms with Crippen molar-refractivity contribution in [1.82, 2.24) is 19.8 Å². The van der Waals surface area contributed by atoms with E-state index in [0.717, 1.165) is 12.1 Å². The Hall–Kier alpha value is -3.23. The molecule has 0 aliphatic rings. The van der Waals surface area contributed by atoms with E-state index in [9.17, 15) is 18.0 Å². The van der Waals surface area contributed by atoms with Crippen LogP contribution in [0.25, 0.3) is 0 Å². The van der Waals surface area contributed by atoms with Crippen LogP contribution in [0.1, 0.15) is 36.6 Å². The summed E-state index contributed by atoms with van der Waals surface area (Å²) in [5.74, 6) is 1.25. The minimum atomic E-state index is -4.37. The van der Waals surface area contributed by atoms with Crippen LogP contribution in [-0.2, 0) is 25.8 Å². The molecular weight excluding hydrogens is 397 g/mol. The van der Waals surface area contributed by atoms with Crippen molar-refractivity contribution in [3.05, 3.63) is 77.8 Å². The van der Waals surface area contributed by atoms with Gasteiger partial charge in [0.25, 0.3) is 0 Å². The van der Waals surface area contributed by atoms with Gasteiger partial charge in [-0.2, -0.15) is 13.2 Å². The predicted octanol–water partition coefficient (Wildman–Crippen LogP) is 4.66. The summed E-state index contributed by atoms with van der Waals surface area (Å²) < 4.78 is 45.4. The molecule has 0 saturated heterocycles. The highest BCUT2D eigenvalue weighted by atomic mass is 19.4. The van der Waals surface area contributed by atoms with Gasteiger partial charge in [0, 0.05) is 25.0 Å². The summed E-state index contributed by atoms with van der Waals surface area (Å²) in [5, 5.41) is 2.86. The summed E-state index contributed by atoms with van der Waals surface area (Å²) in [6, 6.07) is 8.24. The third kappa shape index (κ3) is 5.65. The highest BCUT2D eigenvalue weighted by molar-refractivity contribution is 5.74. The second kappa shape index (κ2) is 9.06. The number of amides is 2. The molecule has 1 aromatic carbocycles. The average Bonchev–Trinajstić information content (AvgIpc) is 3.33. The lowest BCUT2D eigenvalue weighted by Gasteiger charge is -2.23. The molecule has 0 radical (unpaired) electrons. The predicted molar refractivity (Wildman–Crippen MR) is 104 cm³/mol. The number of hydrogen-bond acceptors (Lipinski definition) is 3. The zero-order valence-electron chi connectivity index (χ0n) is 16.7. The first kappa shape index (κ1) is 21.5. The summed E-state index contributed by atoms with van der Waals surface area (Å²) in [7, 11) is 0. The number of alkyl halides is 3. The van der Waals surface area contributed by atoms with Gasteiger partial charge in [0.2, 0.25) is 0 Å². The van der Waals surface area contributed by atoms with Crippen LogP contribution in [0, 0.1) is 0 Å². The highest BCUT2D eigenvalue weighted by Crippen LogP contribution is 2.29. The van der Waals surface area contributed by atoms with Crippen LogP contribution in [0.15, 0.2) is 59.5 Å². The van der Waals surface area contributed by atoms with Gasteiger partial charge in [-0.1, -0.05) is 12.1 Å². The van der Waals surface area contributed by atoms with Crippen molar-refractivity contribution in [3.63, 3.8) is 0 Å². The molecule has 9 heteroatoms. The highest BCUT2D eigenvalue weighted by Gasteiger charge is 2.30.